The first-order valence-corrected chi connectivity index (χ1v) is 10.0. The average Bonchev–Trinajstić information content (AvgIpc) is 2.61. The second kappa shape index (κ2) is 8.87. The van der Waals surface area contributed by atoms with E-state index >= 15 is 0 Å². The molecule has 0 spiro atoms. The fourth-order valence-electron chi connectivity index (χ4n) is 2.59. The van der Waals surface area contributed by atoms with Crippen molar-refractivity contribution in [3.05, 3.63) is 24.3 Å². The SMILES string of the molecule is C#CCP(=O)(O)CC[C@H]1OC(Oc2ccc(OC)cc2)[C@@H](O)[C@@H](O)[C@@H]1O. The van der Waals surface area contributed by atoms with Crippen LogP contribution in [0.5, 0.6) is 11.5 Å². The van der Waals surface area contributed by atoms with Crippen LogP contribution in [0.3, 0.4) is 0 Å². The third-order valence-electron chi connectivity index (χ3n) is 4.08. The molecule has 1 fully saturated rings. The number of aliphatic hydroxyl groups excluding tert-OH is 3. The lowest BCUT2D eigenvalue weighted by atomic mass is 9.97. The predicted molar refractivity (Wildman–Crippen MR) is 93.3 cm³/mol. The van der Waals surface area contributed by atoms with E-state index < -0.39 is 38.1 Å². The Kier molecular flexibility index (Phi) is 7.07. The average molecular weight is 386 g/mol. The van der Waals surface area contributed by atoms with Gasteiger partial charge in [0.25, 0.3) is 0 Å². The Balaban J connectivity index is 2.04. The van der Waals surface area contributed by atoms with E-state index in [1.54, 1.807) is 24.3 Å². The van der Waals surface area contributed by atoms with Crippen molar-refractivity contribution in [1.29, 1.82) is 0 Å². The van der Waals surface area contributed by atoms with Gasteiger partial charge < -0.3 is 34.4 Å². The van der Waals surface area contributed by atoms with E-state index in [9.17, 15) is 24.8 Å². The third-order valence-corrected chi connectivity index (χ3v) is 5.72. The molecule has 1 aromatic carbocycles. The van der Waals surface area contributed by atoms with Crippen LogP contribution in [0.2, 0.25) is 0 Å². The minimum absolute atomic E-state index is 0.0249. The van der Waals surface area contributed by atoms with E-state index in [1.165, 1.54) is 7.11 Å². The standard InChI is InChI=1S/C17H23O8P/c1-3-9-26(21,22)10-8-13-14(18)15(19)16(20)17(25-13)24-12-6-4-11(23-2)5-7-12/h1,4-7,13-20H,8-10H2,2H3,(H,21,22)/t13-,14-,15+,16+,17?/m1/s1. The van der Waals surface area contributed by atoms with Crippen LogP contribution in [-0.2, 0) is 9.30 Å². The Hall–Kier alpha value is -1.59. The summed E-state index contributed by atoms with van der Waals surface area (Å²) in [5.74, 6) is 3.11. The maximum Gasteiger partial charge on any atom is 0.229 e. The highest BCUT2D eigenvalue weighted by molar-refractivity contribution is 7.58. The molecule has 0 bridgehead atoms. The van der Waals surface area contributed by atoms with Gasteiger partial charge in [-0.05, 0) is 30.7 Å². The third kappa shape index (κ3) is 5.21. The van der Waals surface area contributed by atoms with Crippen molar-refractivity contribution >= 4 is 7.37 Å². The fraction of sp³-hybridized carbons (Fsp3) is 0.529. The number of benzene rings is 1. The summed E-state index contributed by atoms with van der Waals surface area (Å²) in [5.41, 5.74) is 0. The minimum Gasteiger partial charge on any atom is -0.497 e. The van der Waals surface area contributed by atoms with Crippen LogP contribution >= 0.6 is 7.37 Å². The minimum atomic E-state index is -3.54. The number of aliphatic hydroxyl groups is 3. The zero-order chi connectivity index (χ0) is 19.3. The molecule has 1 saturated heterocycles. The van der Waals surface area contributed by atoms with Crippen molar-refractivity contribution in [2.24, 2.45) is 0 Å². The summed E-state index contributed by atoms with van der Waals surface area (Å²) in [7, 11) is -2.02. The molecule has 9 heteroatoms. The summed E-state index contributed by atoms with van der Waals surface area (Å²) >= 11 is 0. The Morgan fingerprint density at radius 1 is 1.15 bits per heavy atom. The molecule has 0 aliphatic carbocycles. The van der Waals surface area contributed by atoms with E-state index in [0.717, 1.165) is 0 Å². The van der Waals surface area contributed by atoms with Gasteiger partial charge in [0, 0.05) is 6.16 Å². The van der Waals surface area contributed by atoms with Crippen LogP contribution < -0.4 is 9.47 Å². The second-order valence-corrected chi connectivity index (χ2v) is 8.48. The molecule has 0 amide bonds. The first-order chi connectivity index (χ1) is 12.3. The lowest BCUT2D eigenvalue weighted by Crippen LogP contribution is -2.59. The molecule has 2 rings (SSSR count). The van der Waals surface area contributed by atoms with Crippen LogP contribution in [-0.4, -0.2) is 70.4 Å². The molecule has 4 N–H and O–H groups in total. The number of terminal acetylenes is 1. The molecule has 26 heavy (non-hydrogen) atoms. The summed E-state index contributed by atoms with van der Waals surface area (Å²) in [4.78, 5) is 9.72. The Morgan fingerprint density at radius 3 is 2.35 bits per heavy atom. The quantitative estimate of drug-likeness (QED) is 0.386. The zero-order valence-electron chi connectivity index (χ0n) is 14.3. The van der Waals surface area contributed by atoms with E-state index in [4.69, 9.17) is 20.6 Å². The number of methoxy groups -OCH3 is 1. The lowest BCUT2D eigenvalue weighted by Gasteiger charge is -2.40. The van der Waals surface area contributed by atoms with Gasteiger partial charge >= 0.3 is 0 Å². The molecule has 144 valence electrons. The highest BCUT2D eigenvalue weighted by Gasteiger charge is 2.45. The van der Waals surface area contributed by atoms with Crippen LogP contribution in [0, 0.1) is 12.3 Å². The Labute approximate surface area is 151 Å². The van der Waals surface area contributed by atoms with E-state index in [2.05, 4.69) is 5.92 Å². The Bertz CT molecular complexity index is 670. The molecule has 1 heterocycles. The predicted octanol–water partition coefficient (Wildman–Crippen LogP) is 0.175. The summed E-state index contributed by atoms with van der Waals surface area (Å²) in [6.45, 7) is 0. The van der Waals surface area contributed by atoms with Gasteiger partial charge in [-0.2, -0.15) is 0 Å². The molecule has 0 radical (unpaired) electrons. The van der Waals surface area contributed by atoms with Crippen molar-refractivity contribution in [2.75, 3.05) is 19.4 Å². The molecule has 6 atom stereocenters. The lowest BCUT2D eigenvalue weighted by molar-refractivity contribution is -0.272. The van der Waals surface area contributed by atoms with Crippen LogP contribution in [0.15, 0.2) is 24.3 Å². The number of rotatable bonds is 7. The smallest absolute Gasteiger partial charge is 0.229 e. The largest absolute Gasteiger partial charge is 0.497 e. The molecule has 1 aliphatic rings. The first-order valence-electron chi connectivity index (χ1n) is 8.02. The Morgan fingerprint density at radius 2 is 1.77 bits per heavy atom. The van der Waals surface area contributed by atoms with Gasteiger partial charge in [-0.25, -0.2) is 0 Å². The van der Waals surface area contributed by atoms with E-state index in [0.29, 0.717) is 11.5 Å². The second-order valence-electron chi connectivity index (χ2n) is 6.03. The number of hydrogen-bond acceptors (Lipinski definition) is 7. The number of hydrogen-bond donors (Lipinski definition) is 4. The maximum atomic E-state index is 11.9. The summed E-state index contributed by atoms with van der Waals surface area (Å²) < 4.78 is 28.0. The molecule has 8 nitrogen and oxygen atoms in total. The van der Waals surface area contributed by atoms with Crippen molar-refractivity contribution < 1.29 is 39.0 Å². The fourth-order valence-corrected chi connectivity index (χ4v) is 3.69. The molecular weight excluding hydrogens is 363 g/mol. The van der Waals surface area contributed by atoms with Gasteiger partial charge in [0.15, 0.2) is 0 Å². The van der Waals surface area contributed by atoms with Crippen LogP contribution in [0.1, 0.15) is 6.42 Å². The highest BCUT2D eigenvalue weighted by Crippen LogP contribution is 2.41. The van der Waals surface area contributed by atoms with E-state index in [-0.39, 0.29) is 18.7 Å². The monoisotopic (exact) mass is 386 g/mol. The van der Waals surface area contributed by atoms with Gasteiger partial charge in [0.1, 0.15) is 29.8 Å². The topological polar surface area (TPSA) is 126 Å². The van der Waals surface area contributed by atoms with Crippen LogP contribution in [0.25, 0.3) is 0 Å². The normalized spacial score (nSPS) is 30.8. The number of ether oxygens (including phenoxy) is 3. The summed E-state index contributed by atoms with van der Waals surface area (Å²) in [5, 5.41) is 30.2. The van der Waals surface area contributed by atoms with E-state index in [1.807, 2.05) is 0 Å². The van der Waals surface area contributed by atoms with Gasteiger partial charge in [-0.3, -0.25) is 4.57 Å². The molecule has 0 saturated carbocycles. The van der Waals surface area contributed by atoms with Crippen molar-refractivity contribution in [3.8, 4) is 23.8 Å². The highest BCUT2D eigenvalue weighted by atomic mass is 31.2. The van der Waals surface area contributed by atoms with Crippen molar-refractivity contribution in [1.82, 2.24) is 0 Å². The maximum absolute atomic E-state index is 11.9. The molecule has 1 aromatic rings. The van der Waals surface area contributed by atoms with Crippen LogP contribution in [0.4, 0.5) is 0 Å². The molecular formula is C17H23O8P. The first kappa shape index (κ1) is 20.7. The zero-order valence-corrected chi connectivity index (χ0v) is 15.2. The van der Waals surface area contributed by atoms with Crippen molar-refractivity contribution in [3.63, 3.8) is 0 Å². The van der Waals surface area contributed by atoms with Gasteiger partial charge in [-0.15, -0.1) is 6.42 Å². The molecule has 0 aromatic heterocycles. The van der Waals surface area contributed by atoms with Gasteiger partial charge in [-0.1, -0.05) is 5.92 Å². The molecule has 2 unspecified atom stereocenters. The summed E-state index contributed by atoms with van der Waals surface area (Å²) in [6, 6.07) is 6.48. The summed E-state index contributed by atoms with van der Waals surface area (Å²) in [6.07, 6.45) is -2.12. The van der Waals surface area contributed by atoms with Crippen molar-refractivity contribution in [2.45, 2.75) is 37.1 Å². The van der Waals surface area contributed by atoms with Gasteiger partial charge in [0.2, 0.25) is 13.7 Å². The molecule has 1 aliphatic heterocycles. The van der Waals surface area contributed by atoms with Gasteiger partial charge in [0.05, 0.1) is 19.4 Å².